The molecule has 1 aliphatic rings. The second-order valence-corrected chi connectivity index (χ2v) is 7.49. The van der Waals surface area contributed by atoms with E-state index in [9.17, 15) is 8.42 Å². The van der Waals surface area contributed by atoms with Crippen molar-refractivity contribution in [3.8, 4) is 0 Å². The molecule has 0 radical (unpaired) electrons. The zero-order chi connectivity index (χ0) is 12.3. The number of nitrogens with two attached hydrogens (primary N) is 1. The van der Waals surface area contributed by atoms with Gasteiger partial charge in [-0.1, -0.05) is 6.07 Å². The Morgan fingerprint density at radius 3 is 2.89 bits per heavy atom. The largest absolute Gasteiger partial charge is 0.330 e. The standard InChI is InChI=1S/C11H18N2O2S2.ClH/c12-6-5-10-3-1-7-13(9-10)17(14,15)11-4-2-8-16-11;/h2,4,8,10H,1,3,5-7,9,12H2;1H. The van der Waals surface area contributed by atoms with Gasteiger partial charge < -0.3 is 5.73 Å². The lowest BCUT2D eigenvalue weighted by molar-refractivity contribution is 0.258. The molecule has 18 heavy (non-hydrogen) atoms. The summed E-state index contributed by atoms with van der Waals surface area (Å²) in [6.07, 6.45) is 2.94. The summed E-state index contributed by atoms with van der Waals surface area (Å²) in [5.74, 6) is 0.420. The molecule has 1 aromatic rings. The number of hydrogen-bond acceptors (Lipinski definition) is 4. The fraction of sp³-hybridized carbons (Fsp3) is 0.636. The summed E-state index contributed by atoms with van der Waals surface area (Å²) >= 11 is 1.28. The van der Waals surface area contributed by atoms with Gasteiger partial charge in [-0.2, -0.15) is 4.31 Å². The molecule has 1 aromatic heterocycles. The Hall–Kier alpha value is -0.140. The Kier molecular flexibility index (Phi) is 6.07. The van der Waals surface area contributed by atoms with Gasteiger partial charge in [0, 0.05) is 13.1 Å². The average molecular weight is 311 g/mol. The molecule has 0 aromatic carbocycles. The molecule has 1 aliphatic heterocycles. The summed E-state index contributed by atoms with van der Waals surface area (Å²) in [4.78, 5) is 0. The van der Waals surface area contributed by atoms with Gasteiger partial charge in [-0.05, 0) is 43.2 Å². The van der Waals surface area contributed by atoms with Crippen molar-refractivity contribution in [2.45, 2.75) is 23.5 Å². The first-order valence-electron chi connectivity index (χ1n) is 5.88. The minimum absolute atomic E-state index is 0. The van der Waals surface area contributed by atoms with Gasteiger partial charge in [0.2, 0.25) is 0 Å². The fourth-order valence-electron chi connectivity index (χ4n) is 2.25. The van der Waals surface area contributed by atoms with Crippen LogP contribution >= 0.6 is 23.7 Å². The molecule has 0 aliphatic carbocycles. The van der Waals surface area contributed by atoms with Gasteiger partial charge in [-0.3, -0.25) is 0 Å². The van der Waals surface area contributed by atoms with Crippen LogP contribution in [0.2, 0.25) is 0 Å². The Labute approximate surface area is 119 Å². The molecular weight excluding hydrogens is 292 g/mol. The van der Waals surface area contributed by atoms with E-state index in [-0.39, 0.29) is 12.4 Å². The van der Waals surface area contributed by atoms with Gasteiger partial charge >= 0.3 is 0 Å². The summed E-state index contributed by atoms with van der Waals surface area (Å²) in [6.45, 7) is 1.90. The SMILES string of the molecule is Cl.NCCC1CCCN(S(=O)(=O)c2cccs2)C1. The van der Waals surface area contributed by atoms with Crippen LogP contribution < -0.4 is 5.73 Å². The number of rotatable bonds is 4. The lowest BCUT2D eigenvalue weighted by Gasteiger charge is -2.31. The molecule has 0 amide bonds. The van der Waals surface area contributed by atoms with Crippen LogP contribution in [0.5, 0.6) is 0 Å². The van der Waals surface area contributed by atoms with Crippen LogP contribution in [-0.2, 0) is 10.0 Å². The van der Waals surface area contributed by atoms with E-state index in [1.807, 2.05) is 0 Å². The van der Waals surface area contributed by atoms with E-state index in [4.69, 9.17) is 5.73 Å². The van der Waals surface area contributed by atoms with Crippen LogP contribution in [0.25, 0.3) is 0 Å². The van der Waals surface area contributed by atoms with Crippen molar-refractivity contribution in [3.63, 3.8) is 0 Å². The van der Waals surface area contributed by atoms with E-state index in [1.165, 1.54) is 11.3 Å². The molecule has 0 bridgehead atoms. The molecule has 0 spiro atoms. The molecular formula is C11H19ClN2O2S2. The highest BCUT2D eigenvalue weighted by Gasteiger charge is 2.30. The molecule has 2 rings (SSSR count). The van der Waals surface area contributed by atoms with Gasteiger partial charge in [0.1, 0.15) is 4.21 Å². The van der Waals surface area contributed by atoms with Crippen molar-refractivity contribution >= 4 is 33.8 Å². The topological polar surface area (TPSA) is 63.4 Å². The zero-order valence-electron chi connectivity index (χ0n) is 10.1. The number of hydrogen-bond donors (Lipinski definition) is 1. The predicted octanol–water partition coefficient (Wildman–Crippen LogP) is 1.92. The van der Waals surface area contributed by atoms with Crippen LogP contribution in [0.15, 0.2) is 21.7 Å². The number of halogens is 1. The summed E-state index contributed by atoms with van der Waals surface area (Å²) in [7, 11) is -3.26. The Bertz CT molecular complexity index is 446. The monoisotopic (exact) mass is 310 g/mol. The van der Waals surface area contributed by atoms with E-state index >= 15 is 0 Å². The molecule has 1 unspecified atom stereocenters. The van der Waals surface area contributed by atoms with Crippen molar-refractivity contribution in [1.82, 2.24) is 4.31 Å². The van der Waals surface area contributed by atoms with Crippen LogP contribution in [0.4, 0.5) is 0 Å². The molecule has 1 atom stereocenters. The minimum Gasteiger partial charge on any atom is -0.330 e. The lowest BCUT2D eigenvalue weighted by Crippen LogP contribution is -2.40. The number of thiophene rings is 1. The molecule has 1 saturated heterocycles. The van der Waals surface area contributed by atoms with E-state index in [0.29, 0.717) is 29.8 Å². The summed E-state index contributed by atoms with van der Waals surface area (Å²) in [5.41, 5.74) is 5.54. The minimum atomic E-state index is -3.26. The van der Waals surface area contributed by atoms with Crippen molar-refractivity contribution in [2.75, 3.05) is 19.6 Å². The summed E-state index contributed by atoms with van der Waals surface area (Å²) < 4.78 is 26.7. The predicted molar refractivity (Wildman–Crippen MR) is 76.7 cm³/mol. The Morgan fingerprint density at radius 1 is 1.50 bits per heavy atom. The first-order chi connectivity index (χ1) is 8.14. The average Bonchev–Trinajstić information content (AvgIpc) is 2.84. The first kappa shape index (κ1) is 15.9. The maximum Gasteiger partial charge on any atom is 0.252 e. The molecule has 2 N–H and O–H groups in total. The first-order valence-corrected chi connectivity index (χ1v) is 8.20. The highest BCUT2D eigenvalue weighted by molar-refractivity contribution is 7.91. The highest BCUT2D eigenvalue weighted by atomic mass is 35.5. The smallest absolute Gasteiger partial charge is 0.252 e. The van der Waals surface area contributed by atoms with Gasteiger partial charge in [0.05, 0.1) is 0 Å². The van der Waals surface area contributed by atoms with E-state index in [1.54, 1.807) is 21.8 Å². The summed E-state index contributed by atoms with van der Waals surface area (Å²) in [6, 6.07) is 3.45. The third-order valence-electron chi connectivity index (χ3n) is 3.15. The van der Waals surface area contributed by atoms with Crippen LogP contribution in [0.1, 0.15) is 19.3 Å². The molecule has 0 saturated carbocycles. The van der Waals surface area contributed by atoms with Gasteiger partial charge in [-0.15, -0.1) is 23.7 Å². The van der Waals surface area contributed by atoms with Crippen LogP contribution in [-0.4, -0.2) is 32.4 Å². The molecule has 104 valence electrons. The summed E-state index contributed by atoms with van der Waals surface area (Å²) in [5, 5.41) is 1.80. The number of nitrogens with zero attached hydrogens (tertiary/aromatic N) is 1. The second-order valence-electron chi connectivity index (χ2n) is 4.38. The maximum absolute atomic E-state index is 12.3. The zero-order valence-corrected chi connectivity index (χ0v) is 12.6. The Balaban J connectivity index is 0.00000162. The lowest BCUT2D eigenvalue weighted by atomic mass is 9.96. The van der Waals surface area contributed by atoms with Crippen molar-refractivity contribution in [2.24, 2.45) is 11.7 Å². The third-order valence-corrected chi connectivity index (χ3v) is 6.38. The van der Waals surface area contributed by atoms with Crippen molar-refractivity contribution < 1.29 is 8.42 Å². The van der Waals surface area contributed by atoms with Crippen molar-refractivity contribution in [3.05, 3.63) is 17.5 Å². The fourth-order valence-corrected chi connectivity index (χ4v) is 4.95. The number of piperidine rings is 1. The van der Waals surface area contributed by atoms with Gasteiger partial charge in [0.15, 0.2) is 0 Å². The van der Waals surface area contributed by atoms with Crippen molar-refractivity contribution in [1.29, 1.82) is 0 Å². The van der Waals surface area contributed by atoms with Gasteiger partial charge in [-0.25, -0.2) is 8.42 Å². The molecule has 2 heterocycles. The normalized spacial score (nSPS) is 21.5. The molecule has 4 nitrogen and oxygen atoms in total. The highest BCUT2D eigenvalue weighted by Crippen LogP contribution is 2.27. The van der Waals surface area contributed by atoms with E-state index in [2.05, 4.69) is 0 Å². The molecule has 1 fully saturated rings. The maximum atomic E-state index is 12.3. The second kappa shape index (κ2) is 6.86. The van der Waals surface area contributed by atoms with Crippen LogP contribution in [0.3, 0.4) is 0 Å². The van der Waals surface area contributed by atoms with Gasteiger partial charge in [0.25, 0.3) is 10.0 Å². The van der Waals surface area contributed by atoms with E-state index < -0.39 is 10.0 Å². The number of sulfonamides is 1. The quantitative estimate of drug-likeness (QED) is 0.924. The third kappa shape index (κ3) is 3.45. The van der Waals surface area contributed by atoms with E-state index in [0.717, 1.165) is 19.3 Å². The molecule has 7 heteroatoms. The van der Waals surface area contributed by atoms with Crippen LogP contribution in [0, 0.1) is 5.92 Å². The Morgan fingerprint density at radius 2 is 2.28 bits per heavy atom.